The summed E-state index contributed by atoms with van der Waals surface area (Å²) in [5.41, 5.74) is 0. The molecule has 5 heteroatoms. The molecular formula is C12H17AsO4. The standard InChI is InChI=1S/C12H17AsO4/c1-2-4-12(5-3-1)13-16-10-8-14-6-7-15-9-11-17-13/h1-5H,6-11H2. The zero-order valence-electron chi connectivity index (χ0n) is 9.71. The summed E-state index contributed by atoms with van der Waals surface area (Å²) in [6, 6.07) is 10.1. The minimum absolute atomic E-state index is 0.592. The predicted octanol–water partition coefficient (Wildman–Crippen LogP) is 0.462. The first-order valence-corrected chi connectivity index (χ1v) is 8.20. The maximum absolute atomic E-state index is 5.80. The number of rotatable bonds is 1. The molecule has 0 N–H and O–H groups in total. The van der Waals surface area contributed by atoms with E-state index in [-0.39, 0.29) is 0 Å². The van der Waals surface area contributed by atoms with E-state index in [1.165, 1.54) is 4.35 Å². The van der Waals surface area contributed by atoms with Crippen molar-refractivity contribution < 1.29 is 16.9 Å². The average Bonchev–Trinajstić information content (AvgIpc) is 2.45. The van der Waals surface area contributed by atoms with Crippen molar-refractivity contribution in [1.82, 2.24) is 0 Å². The summed E-state index contributed by atoms with van der Waals surface area (Å²) >= 11 is -1.86. The molecule has 17 heavy (non-hydrogen) atoms. The van der Waals surface area contributed by atoms with E-state index >= 15 is 0 Å². The fourth-order valence-corrected chi connectivity index (χ4v) is 4.08. The maximum atomic E-state index is 5.80. The Bertz CT molecular complexity index is 295. The Morgan fingerprint density at radius 1 is 0.706 bits per heavy atom. The number of hydrogen-bond acceptors (Lipinski definition) is 4. The fraction of sp³-hybridized carbons (Fsp3) is 0.500. The summed E-state index contributed by atoms with van der Waals surface area (Å²) in [5, 5.41) is 0. The van der Waals surface area contributed by atoms with E-state index in [9.17, 15) is 0 Å². The quantitative estimate of drug-likeness (QED) is 0.706. The first-order valence-electron chi connectivity index (χ1n) is 5.73. The summed E-state index contributed by atoms with van der Waals surface area (Å²) < 4.78 is 23.5. The van der Waals surface area contributed by atoms with Gasteiger partial charge >= 0.3 is 107 Å². The molecule has 0 bridgehead atoms. The van der Waals surface area contributed by atoms with E-state index in [1.54, 1.807) is 0 Å². The van der Waals surface area contributed by atoms with Gasteiger partial charge in [0.2, 0.25) is 0 Å². The van der Waals surface area contributed by atoms with Gasteiger partial charge in [-0.1, -0.05) is 0 Å². The van der Waals surface area contributed by atoms with Crippen molar-refractivity contribution in [3.63, 3.8) is 0 Å². The second kappa shape index (κ2) is 7.85. The van der Waals surface area contributed by atoms with Crippen LogP contribution in [0.2, 0.25) is 0 Å². The van der Waals surface area contributed by atoms with E-state index < -0.39 is 15.3 Å². The van der Waals surface area contributed by atoms with Gasteiger partial charge in [-0.2, -0.15) is 0 Å². The van der Waals surface area contributed by atoms with Crippen LogP contribution in [0, 0.1) is 0 Å². The van der Waals surface area contributed by atoms with Crippen molar-refractivity contribution >= 4 is 19.7 Å². The van der Waals surface area contributed by atoms with Crippen LogP contribution >= 0.6 is 0 Å². The van der Waals surface area contributed by atoms with Crippen LogP contribution in [0.1, 0.15) is 0 Å². The molecule has 0 aromatic heterocycles. The predicted molar refractivity (Wildman–Crippen MR) is 65.4 cm³/mol. The van der Waals surface area contributed by atoms with Gasteiger partial charge in [-0.15, -0.1) is 0 Å². The van der Waals surface area contributed by atoms with Gasteiger partial charge in [-0.05, 0) is 0 Å². The van der Waals surface area contributed by atoms with Crippen molar-refractivity contribution in [1.29, 1.82) is 0 Å². The summed E-state index contributed by atoms with van der Waals surface area (Å²) in [4.78, 5) is 0. The Hall–Kier alpha value is -0.382. The molecule has 1 saturated heterocycles. The van der Waals surface area contributed by atoms with Crippen LogP contribution in [0.15, 0.2) is 30.3 Å². The Morgan fingerprint density at radius 3 is 1.82 bits per heavy atom. The van der Waals surface area contributed by atoms with E-state index in [2.05, 4.69) is 12.1 Å². The molecule has 1 heterocycles. The monoisotopic (exact) mass is 300 g/mol. The van der Waals surface area contributed by atoms with E-state index in [1.807, 2.05) is 18.2 Å². The molecule has 2 rings (SSSR count). The summed E-state index contributed by atoms with van der Waals surface area (Å²) in [6.45, 7) is 3.64. The van der Waals surface area contributed by atoms with Crippen LogP contribution in [-0.4, -0.2) is 55.0 Å². The third kappa shape index (κ3) is 4.78. The van der Waals surface area contributed by atoms with Gasteiger partial charge in [-0.25, -0.2) is 0 Å². The molecule has 1 aliphatic rings. The molecule has 94 valence electrons. The molecule has 1 aromatic rings. The second-order valence-corrected chi connectivity index (χ2v) is 6.73. The molecule has 0 spiro atoms. The van der Waals surface area contributed by atoms with Crippen LogP contribution in [0.25, 0.3) is 0 Å². The van der Waals surface area contributed by atoms with E-state index in [0.29, 0.717) is 39.6 Å². The Morgan fingerprint density at radius 2 is 1.24 bits per heavy atom. The third-order valence-electron chi connectivity index (χ3n) is 2.21. The van der Waals surface area contributed by atoms with Crippen LogP contribution in [0.3, 0.4) is 0 Å². The van der Waals surface area contributed by atoms with Gasteiger partial charge in [0.1, 0.15) is 0 Å². The number of hydrogen-bond donors (Lipinski definition) is 0. The molecule has 4 nitrogen and oxygen atoms in total. The van der Waals surface area contributed by atoms with Gasteiger partial charge in [0.05, 0.1) is 0 Å². The van der Waals surface area contributed by atoms with Crippen LogP contribution < -0.4 is 4.35 Å². The zero-order chi connectivity index (χ0) is 11.8. The summed E-state index contributed by atoms with van der Waals surface area (Å²) in [5.74, 6) is 0. The molecule has 0 radical (unpaired) electrons. The minimum atomic E-state index is -1.86. The summed E-state index contributed by atoms with van der Waals surface area (Å²) in [7, 11) is 0. The molecule has 0 saturated carbocycles. The average molecular weight is 300 g/mol. The molecular weight excluding hydrogens is 283 g/mol. The van der Waals surface area contributed by atoms with Crippen LogP contribution in [0.4, 0.5) is 0 Å². The Balaban J connectivity index is 1.93. The van der Waals surface area contributed by atoms with Crippen molar-refractivity contribution in [2.45, 2.75) is 0 Å². The molecule has 1 fully saturated rings. The third-order valence-corrected chi connectivity index (χ3v) is 5.47. The van der Waals surface area contributed by atoms with E-state index in [4.69, 9.17) is 16.9 Å². The van der Waals surface area contributed by atoms with Crippen molar-refractivity contribution in [2.24, 2.45) is 0 Å². The Kier molecular flexibility index (Phi) is 6.03. The number of ether oxygens (including phenoxy) is 2. The van der Waals surface area contributed by atoms with E-state index in [0.717, 1.165) is 0 Å². The molecule has 0 aliphatic carbocycles. The molecule has 1 aliphatic heterocycles. The summed E-state index contributed by atoms with van der Waals surface area (Å²) in [6.07, 6.45) is 0. The SMILES string of the molecule is c1ccc([As]2OCCOCCOCCO2)cc1. The van der Waals surface area contributed by atoms with Crippen molar-refractivity contribution in [3.05, 3.63) is 30.3 Å². The number of benzene rings is 1. The molecule has 0 amide bonds. The van der Waals surface area contributed by atoms with Gasteiger partial charge in [0, 0.05) is 0 Å². The normalized spacial score (nSPS) is 20.7. The fourth-order valence-electron chi connectivity index (χ4n) is 1.42. The second-order valence-electron chi connectivity index (χ2n) is 3.48. The topological polar surface area (TPSA) is 36.9 Å². The van der Waals surface area contributed by atoms with Crippen molar-refractivity contribution in [2.75, 3.05) is 39.6 Å². The first kappa shape index (κ1) is 13.1. The van der Waals surface area contributed by atoms with Gasteiger partial charge < -0.3 is 0 Å². The van der Waals surface area contributed by atoms with Gasteiger partial charge in [0.15, 0.2) is 0 Å². The Labute approximate surface area is 107 Å². The van der Waals surface area contributed by atoms with Crippen LogP contribution in [-0.2, 0) is 16.9 Å². The van der Waals surface area contributed by atoms with Gasteiger partial charge in [0.25, 0.3) is 0 Å². The first-order chi connectivity index (χ1) is 8.47. The van der Waals surface area contributed by atoms with Crippen LogP contribution in [0.5, 0.6) is 0 Å². The molecule has 0 atom stereocenters. The van der Waals surface area contributed by atoms with Gasteiger partial charge in [-0.3, -0.25) is 0 Å². The zero-order valence-corrected chi connectivity index (χ0v) is 11.6. The van der Waals surface area contributed by atoms with Crippen molar-refractivity contribution in [3.8, 4) is 0 Å². The molecule has 1 aromatic carbocycles. The molecule has 0 unspecified atom stereocenters.